The number of aryl methyl sites for hydroxylation is 1. The maximum atomic E-state index is 5.87. The molecule has 0 N–H and O–H groups in total. The summed E-state index contributed by atoms with van der Waals surface area (Å²) in [6.45, 7) is 4.73. The average molecular weight is 200 g/mol. The van der Waals surface area contributed by atoms with E-state index in [0.29, 0.717) is 0 Å². The van der Waals surface area contributed by atoms with Gasteiger partial charge in [0.15, 0.2) is 5.82 Å². The molecule has 0 amide bonds. The number of hydrogen-bond donors (Lipinski definition) is 0. The van der Waals surface area contributed by atoms with E-state index in [4.69, 9.17) is 11.6 Å². The van der Waals surface area contributed by atoms with Crippen molar-refractivity contribution in [3.8, 4) is 0 Å². The molecular formula is C9H14ClN3. The van der Waals surface area contributed by atoms with Gasteiger partial charge in [-0.1, -0.05) is 0 Å². The number of rotatable bonds is 3. The Hall–Kier alpha value is -0.830. The molecule has 72 valence electrons. The molecule has 0 saturated carbocycles. The molecule has 0 bridgehead atoms. The first-order valence-electron chi connectivity index (χ1n) is 4.24. The van der Waals surface area contributed by atoms with Crippen molar-refractivity contribution in [1.82, 2.24) is 10.2 Å². The predicted octanol–water partition coefficient (Wildman–Crippen LogP) is 1.85. The first-order valence-corrected chi connectivity index (χ1v) is 4.68. The van der Waals surface area contributed by atoms with Crippen LogP contribution in [0.2, 0.25) is 0 Å². The van der Waals surface area contributed by atoms with Gasteiger partial charge in [0.1, 0.15) is 0 Å². The summed E-state index contributed by atoms with van der Waals surface area (Å²) in [5, 5.41) is 8.01. The Morgan fingerprint density at radius 2 is 2.31 bits per heavy atom. The first kappa shape index (κ1) is 10.3. The molecule has 1 atom stereocenters. The highest BCUT2D eigenvalue weighted by molar-refractivity contribution is 6.20. The second-order valence-corrected chi connectivity index (χ2v) is 4.00. The van der Waals surface area contributed by atoms with Crippen LogP contribution in [0.25, 0.3) is 0 Å². The summed E-state index contributed by atoms with van der Waals surface area (Å²) < 4.78 is 0. The summed E-state index contributed by atoms with van der Waals surface area (Å²) in [7, 11) is 1.96. The van der Waals surface area contributed by atoms with Crippen molar-refractivity contribution in [3.63, 3.8) is 0 Å². The Balaban J connectivity index is 2.71. The van der Waals surface area contributed by atoms with Crippen LogP contribution < -0.4 is 4.90 Å². The fourth-order valence-corrected chi connectivity index (χ4v) is 1.31. The Labute approximate surface area is 83.7 Å². The second kappa shape index (κ2) is 4.42. The highest BCUT2D eigenvalue weighted by Gasteiger charge is 2.05. The molecular weight excluding hydrogens is 186 g/mol. The van der Waals surface area contributed by atoms with Crippen LogP contribution in [0.3, 0.4) is 0 Å². The molecule has 1 heterocycles. The van der Waals surface area contributed by atoms with Crippen molar-refractivity contribution in [2.75, 3.05) is 18.5 Å². The zero-order valence-electron chi connectivity index (χ0n) is 8.16. The van der Waals surface area contributed by atoms with Crippen LogP contribution in [0.1, 0.15) is 12.5 Å². The van der Waals surface area contributed by atoms with E-state index >= 15 is 0 Å². The van der Waals surface area contributed by atoms with Crippen molar-refractivity contribution >= 4 is 17.4 Å². The number of hydrogen-bond acceptors (Lipinski definition) is 3. The Bertz CT molecular complexity index is 275. The van der Waals surface area contributed by atoms with Crippen molar-refractivity contribution in [2.45, 2.75) is 19.2 Å². The highest BCUT2D eigenvalue weighted by atomic mass is 35.5. The third-order valence-corrected chi connectivity index (χ3v) is 1.83. The van der Waals surface area contributed by atoms with Gasteiger partial charge in [-0.25, -0.2) is 0 Å². The first-order chi connectivity index (χ1) is 6.09. The predicted molar refractivity (Wildman–Crippen MR) is 55.4 cm³/mol. The Kier molecular flexibility index (Phi) is 3.48. The van der Waals surface area contributed by atoms with Gasteiger partial charge in [-0.3, -0.25) is 0 Å². The number of halogens is 1. The summed E-state index contributed by atoms with van der Waals surface area (Å²) in [6.07, 6.45) is 1.74. The van der Waals surface area contributed by atoms with Crippen LogP contribution in [0.5, 0.6) is 0 Å². The number of aromatic nitrogens is 2. The average Bonchev–Trinajstić information content (AvgIpc) is 2.03. The topological polar surface area (TPSA) is 29.0 Å². The number of alkyl halides is 1. The van der Waals surface area contributed by atoms with Gasteiger partial charge in [0.05, 0.1) is 6.20 Å². The van der Waals surface area contributed by atoms with Crippen LogP contribution >= 0.6 is 11.6 Å². The van der Waals surface area contributed by atoms with E-state index in [1.807, 2.05) is 31.9 Å². The standard InChI is InChI=1S/C9H14ClN3/c1-7-4-9(12-11-5-7)13(3)6-8(2)10/h4-5,8H,6H2,1-3H3. The minimum atomic E-state index is 0.118. The maximum Gasteiger partial charge on any atom is 0.151 e. The van der Waals surface area contributed by atoms with Crippen molar-refractivity contribution in [3.05, 3.63) is 17.8 Å². The lowest BCUT2D eigenvalue weighted by molar-refractivity contribution is 0.825. The number of nitrogens with zero attached hydrogens (tertiary/aromatic N) is 3. The van der Waals surface area contributed by atoms with Crippen molar-refractivity contribution < 1.29 is 0 Å². The van der Waals surface area contributed by atoms with E-state index in [0.717, 1.165) is 17.9 Å². The highest BCUT2D eigenvalue weighted by Crippen LogP contribution is 2.10. The van der Waals surface area contributed by atoms with E-state index < -0.39 is 0 Å². The molecule has 0 aliphatic carbocycles. The third kappa shape index (κ3) is 3.19. The van der Waals surface area contributed by atoms with Gasteiger partial charge in [0.2, 0.25) is 0 Å². The molecule has 0 fully saturated rings. The van der Waals surface area contributed by atoms with Crippen LogP contribution in [-0.4, -0.2) is 29.2 Å². The lowest BCUT2D eigenvalue weighted by atomic mass is 10.3. The molecule has 1 aromatic heterocycles. The monoisotopic (exact) mass is 199 g/mol. The van der Waals surface area contributed by atoms with E-state index in [1.54, 1.807) is 6.20 Å². The smallest absolute Gasteiger partial charge is 0.151 e. The van der Waals surface area contributed by atoms with Crippen LogP contribution in [0.4, 0.5) is 5.82 Å². The van der Waals surface area contributed by atoms with Gasteiger partial charge in [-0.15, -0.1) is 16.7 Å². The molecule has 13 heavy (non-hydrogen) atoms. The van der Waals surface area contributed by atoms with Gasteiger partial charge in [-0.2, -0.15) is 5.10 Å². The van der Waals surface area contributed by atoms with Crippen molar-refractivity contribution in [2.24, 2.45) is 0 Å². The summed E-state index contributed by atoms with van der Waals surface area (Å²) in [5.74, 6) is 0.868. The van der Waals surface area contributed by atoms with Crippen LogP contribution in [-0.2, 0) is 0 Å². The van der Waals surface area contributed by atoms with E-state index in [9.17, 15) is 0 Å². The van der Waals surface area contributed by atoms with Gasteiger partial charge >= 0.3 is 0 Å². The summed E-state index contributed by atoms with van der Waals surface area (Å²) >= 11 is 5.87. The normalized spacial score (nSPS) is 12.6. The fourth-order valence-electron chi connectivity index (χ4n) is 1.11. The van der Waals surface area contributed by atoms with E-state index in [2.05, 4.69) is 10.2 Å². The molecule has 4 heteroatoms. The van der Waals surface area contributed by atoms with Gasteiger partial charge in [-0.05, 0) is 25.5 Å². The Morgan fingerprint density at radius 1 is 1.62 bits per heavy atom. The molecule has 0 spiro atoms. The van der Waals surface area contributed by atoms with Crippen molar-refractivity contribution in [1.29, 1.82) is 0 Å². The zero-order valence-corrected chi connectivity index (χ0v) is 8.91. The fraction of sp³-hybridized carbons (Fsp3) is 0.556. The molecule has 0 saturated heterocycles. The lowest BCUT2D eigenvalue weighted by Crippen LogP contribution is -2.25. The minimum Gasteiger partial charge on any atom is -0.357 e. The van der Waals surface area contributed by atoms with Gasteiger partial charge < -0.3 is 4.90 Å². The largest absolute Gasteiger partial charge is 0.357 e. The lowest BCUT2D eigenvalue weighted by Gasteiger charge is -2.18. The molecule has 0 aliphatic rings. The third-order valence-electron chi connectivity index (χ3n) is 1.69. The molecule has 1 unspecified atom stereocenters. The molecule has 1 aromatic rings. The quantitative estimate of drug-likeness (QED) is 0.696. The Morgan fingerprint density at radius 3 is 2.85 bits per heavy atom. The summed E-state index contributed by atoms with van der Waals surface area (Å²) in [4.78, 5) is 2.00. The molecule has 0 aromatic carbocycles. The van der Waals surface area contributed by atoms with E-state index in [1.165, 1.54) is 0 Å². The summed E-state index contributed by atoms with van der Waals surface area (Å²) in [6, 6.07) is 1.99. The molecule has 0 aliphatic heterocycles. The molecule has 0 radical (unpaired) electrons. The molecule has 1 rings (SSSR count). The minimum absolute atomic E-state index is 0.118. The van der Waals surface area contributed by atoms with E-state index in [-0.39, 0.29) is 5.38 Å². The second-order valence-electron chi connectivity index (χ2n) is 3.25. The summed E-state index contributed by atoms with van der Waals surface area (Å²) in [5.41, 5.74) is 1.11. The maximum absolute atomic E-state index is 5.87. The van der Waals surface area contributed by atoms with Crippen LogP contribution in [0.15, 0.2) is 12.3 Å². The zero-order chi connectivity index (χ0) is 9.84. The van der Waals surface area contributed by atoms with Gasteiger partial charge in [0.25, 0.3) is 0 Å². The van der Waals surface area contributed by atoms with Gasteiger partial charge in [0, 0.05) is 19.0 Å². The molecule has 3 nitrogen and oxygen atoms in total. The number of anilines is 1. The van der Waals surface area contributed by atoms with Crippen LogP contribution in [0, 0.1) is 6.92 Å². The SMILES string of the molecule is Cc1cnnc(N(C)CC(C)Cl)c1.